The second kappa shape index (κ2) is 8.40. The van der Waals surface area contributed by atoms with Crippen molar-refractivity contribution < 1.29 is 14.3 Å². The Labute approximate surface area is 195 Å². The lowest BCUT2D eigenvalue weighted by Gasteiger charge is -2.15. The van der Waals surface area contributed by atoms with E-state index in [1.165, 1.54) is 31.2 Å². The molecule has 2 heterocycles. The van der Waals surface area contributed by atoms with Crippen LogP contribution < -0.4 is 5.56 Å². The fraction of sp³-hybridized carbons (Fsp3) is 0.0870. The number of hydrogen-bond donors (Lipinski definition) is 1. The van der Waals surface area contributed by atoms with Gasteiger partial charge in [-0.25, -0.2) is 4.39 Å². The van der Waals surface area contributed by atoms with Gasteiger partial charge in [0.05, 0.1) is 22.0 Å². The van der Waals surface area contributed by atoms with E-state index in [0.717, 1.165) is 15.9 Å². The third kappa shape index (κ3) is 3.67. The van der Waals surface area contributed by atoms with Crippen molar-refractivity contribution in [1.29, 1.82) is 5.26 Å². The molecule has 2 aromatic heterocycles. The zero-order valence-electron chi connectivity index (χ0n) is 16.4. The summed E-state index contributed by atoms with van der Waals surface area (Å²) in [6.45, 7) is 1.27. The SMILES string of the molecule is Cc1c(C(=O)c2sc3cc(Cl)ccc3c2Cl)c(O)n(Cc2ccc(F)cc2)c(=O)c1C#N. The number of carbonyl (C=O) groups excluding carboxylic acids is 1. The number of hydrogen-bond acceptors (Lipinski definition) is 5. The van der Waals surface area contributed by atoms with Crippen molar-refractivity contribution in [3.63, 3.8) is 0 Å². The highest BCUT2D eigenvalue weighted by Crippen LogP contribution is 2.39. The lowest BCUT2D eigenvalue weighted by molar-refractivity contribution is 0.103. The van der Waals surface area contributed by atoms with Crippen LogP contribution in [0.3, 0.4) is 0 Å². The van der Waals surface area contributed by atoms with Crippen LogP contribution in [0.1, 0.15) is 31.9 Å². The van der Waals surface area contributed by atoms with Crippen molar-refractivity contribution in [3.8, 4) is 11.9 Å². The van der Waals surface area contributed by atoms with Crippen LogP contribution in [0.5, 0.6) is 5.88 Å². The minimum Gasteiger partial charge on any atom is -0.494 e. The Morgan fingerprint density at radius 1 is 1.22 bits per heavy atom. The van der Waals surface area contributed by atoms with Crippen LogP contribution in [0.4, 0.5) is 4.39 Å². The zero-order chi connectivity index (χ0) is 23.2. The zero-order valence-corrected chi connectivity index (χ0v) is 18.8. The summed E-state index contributed by atoms with van der Waals surface area (Å²) in [6.07, 6.45) is 0. The molecule has 0 aliphatic heterocycles. The number of aromatic nitrogens is 1. The summed E-state index contributed by atoms with van der Waals surface area (Å²) in [4.78, 5) is 26.4. The summed E-state index contributed by atoms with van der Waals surface area (Å²) < 4.78 is 14.8. The third-order valence-corrected chi connectivity index (χ3v) is 6.97. The van der Waals surface area contributed by atoms with Crippen molar-refractivity contribution in [1.82, 2.24) is 4.57 Å². The quantitative estimate of drug-likeness (QED) is 0.376. The smallest absolute Gasteiger partial charge is 0.271 e. The van der Waals surface area contributed by atoms with Gasteiger partial charge in [0.25, 0.3) is 5.56 Å². The molecule has 0 fully saturated rings. The van der Waals surface area contributed by atoms with E-state index in [1.807, 2.05) is 6.07 Å². The largest absolute Gasteiger partial charge is 0.494 e. The summed E-state index contributed by atoms with van der Waals surface area (Å²) in [5, 5.41) is 21.8. The normalized spacial score (nSPS) is 11.0. The van der Waals surface area contributed by atoms with E-state index >= 15 is 0 Å². The molecule has 1 N–H and O–H groups in total. The average molecular weight is 487 g/mol. The van der Waals surface area contributed by atoms with Crippen molar-refractivity contribution >= 4 is 50.4 Å². The van der Waals surface area contributed by atoms with Crippen molar-refractivity contribution in [2.24, 2.45) is 0 Å². The minimum atomic E-state index is -0.752. The molecular formula is C23H13Cl2FN2O3S. The molecular weight excluding hydrogens is 474 g/mol. The van der Waals surface area contributed by atoms with Gasteiger partial charge in [-0.1, -0.05) is 41.4 Å². The molecule has 32 heavy (non-hydrogen) atoms. The molecule has 0 saturated carbocycles. The fourth-order valence-electron chi connectivity index (χ4n) is 3.44. The first-order valence-electron chi connectivity index (χ1n) is 9.26. The number of benzene rings is 2. The molecule has 4 rings (SSSR count). The first kappa shape index (κ1) is 22.0. The second-order valence-corrected chi connectivity index (χ2v) is 8.91. The molecule has 4 aromatic rings. The summed E-state index contributed by atoms with van der Waals surface area (Å²) >= 11 is 13.6. The number of aromatic hydroxyl groups is 1. The Balaban J connectivity index is 1.91. The van der Waals surface area contributed by atoms with E-state index in [0.29, 0.717) is 20.7 Å². The lowest BCUT2D eigenvalue weighted by Crippen LogP contribution is -2.27. The number of carbonyl (C=O) groups is 1. The molecule has 0 saturated heterocycles. The number of ketones is 1. The Morgan fingerprint density at radius 3 is 2.56 bits per heavy atom. The molecule has 2 aromatic carbocycles. The van der Waals surface area contributed by atoms with Crippen LogP contribution in [0, 0.1) is 24.1 Å². The Hall–Kier alpha value is -3.18. The topological polar surface area (TPSA) is 83.1 Å². The number of rotatable bonds is 4. The minimum absolute atomic E-state index is 0.0573. The van der Waals surface area contributed by atoms with Crippen molar-refractivity contribution in [2.75, 3.05) is 0 Å². The number of halogens is 3. The molecule has 9 heteroatoms. The monoisotopic (exact) mass is 486 g/mol. The van der Waals surface area contributed by atoms with Crippen molar-refractivity contribution in [3.05, 3.63) is 95.8 Å². The van der Waals surface area contributed by atoms with Gasteiger partial charge in [-0.3, -0.25) is 14.2 Å². The van der Waals surface area contributed by atoms with Gasteiger partial charge in [-0.05, 0) is 42.3 Å². The molecule has 160 valence electrons. The second-order valence-electron chi connectivity index (χ2n) is 7.04. The number of thiophene rings is 1. The predicted octanol–water partition coefficient (Wildman–Crippen LogP) is 5.67. The Kier molecular flexibility index (Phi) is 5.78. The lowest BCUT2D eigenvalue weighted by atomic mass is 10.0. The van der Waals surface area contributed by atoms with Gasteiger partial charge in [-0.2, -0.15) is 5.26 Å². The maximum absolute atomic E-state index is 13.5. The van der Waals surface area contributed by atoms with E-state index in [-0.39, 0.29) is 33.1 Å². The molecule has 0 unspecified atom stereocenters. The summed E-state index contributed by atoms with van der Waals surface area (Å²) in [7, 11) is 0. The van der Waals surface area contributed by atoms with Gasteiger partial charge in [0.1, 0.15) is 17.4 Å². The Morgan fingerprint density at radius 2 is 1.91 bits per heavy atom. The highest BCUT2D eigenvalue weighted by atomic mass is 35.5. The fourth-order valence-corrected chi connectivity index (χ4v) is 5.18. The van der Waals surface area contributed by atoms with Gasteiger partial charge in [0.2, 0.25) is 11.7 Å². The average Bonchev–Trinajstić information content (AvgIpc) is 3.08. The molecule has 0 radical (unpaired) electrons. The van der Waals surface area contributed by atoms with Gasteiger partial charge >= 0.3 is 0 Å². The van der Waals surface area contributed by atoms with E-state index in [9.17, 15) is 24.3 Å². The van der Waals surface area contributed by atoms with E-state index in [4.69, 9.17) is 23.2 Å². The van der Waals surface area contributed by atoms with Crippen LogP contribution >= 0.6 is 34.5 Å². The first-order chi connectivity index (χ1) is 15.2. The summed E-state index contributed by atoms with van der Waals surface area (Å²) in [5.74, 6) is -1.67. The van der Waals surface area contributed by atoms with Gasteiger partial charge in [-0.15, -0.1) is 11.3 Å². The predicted molar refractivity (Wildman–Crippen MR) is 123 cm³/mol. The standard InChI is InChI=1S/C23H13Cl2FN2O3S/c1-11-16(9-27)22(30)28(10-12-2-5-14(26)6-3-12)23(31)18(11)20(29)21-19(25)15-7-4-13(24)8-17(15)32-21/h2-8,31H,10H2,1H3. The van der Waals surface area contributed by atoms with Crippen LogP contribution in [0.2, 0.25) is 10.0 Å². The Bertz CT molecular complexity index is 1500. The van der Waals surface area contributed by atoms with Crippen LogP contribution in [-0.4, -0.2) is 15.5 Å². The van der Waals surface area contributed by atoms with Gasteiger partial charge in [0, 0.05) is 15.1 Å². The van der Waals surface area contributed by atoms with Crippen LogP contribution in [0.15, 0.2) is 47.3 Å². The first-order valence-corrected chi connectivity index (χ1v) is 10.8. The van der Waals surface area contributed by atoms with E-state index < -0.39 is 23.0 Å². The molecule has 0 bridgehead atoms. The number of fused-ring (bicyclic) bond motifs is 1. The molecule has 0 aliphatic carbocycles. The molecule has 0 atom stereocenters. The molecule has 0 aliphatic rings. The summed E-state index contributed by atoms with van der Waals surface area (Å²) in [5.41, 5.74) is -0.652. The molecule has 0 amide bonds. The highest BCUT2D eigenvalue weighted by Gasteiger charge is 2.28. The third-order valence-electron chi connectivity index (χ3n) is 5.08. The van der Waals surface area contributed by atoms with E-state index in [1.54, 1.807) is 18.2 Å². The van der Waals surface area contributed by atoms with Crippen LogP contribution in [0.25, 0.3) is 10.1 Å². The van der Waals surface area contributed by atoms with Gasteiger partial charge in [0.15, 0.2) is 0 Å². The molecule has 5 nitrogen and oxygen atoms in total. The maximum Gasteiger partial charge on any atom is 0.271 e. The summed E-state index contributed by atoms with van der Waals surface area (Å²) in [6, 6.07) is 12.1. The van der Waals surface area contributed by atoms with Crippen molar-refractivity contribution in [2.45, 2.75) is 13.5 Å². The molecule has 0 spiro atoms. The highest BCUT2D eigenvalue weighted by molar-refractivity contribution is 7.21. The van der Waals surface area contributed by atoms with Gasteiger partial charge < -0.3 is 5.11 Å². The van der Waals surface area contributed by atoms with Crippen LogP contribution in [-0.2, 0) is 6.54 Å². The van der Waals surface area contributed by atoms with E-state index in [2.05, 4.69) is 0 Å². The maximum atomic E-state index is 13.5. The number of pyridine rings is 1. The number of nitrogens with zero attached hydrogens (tertiary/aromatic N) is 2. The number of nitriles is 1.